The van der Waals surface area contributed by atoms with E-state index in [0.29, 0.717) is 17.9 Å². The van der Waals surface area contributed by atoms with Gasteiger partial charge in [0.25, 0.3) is 0 Å². The van der Waals surface area contributed by atoms with Gasteiger partial charge in [-0.05, 0) is 79.1 Å². The molecule has 0 aromatic heterocycles. The molecular weight excluding hydrogens is 386 g/mol. The molecule has 0 saturated carbocycles. The Morgan fingerprint density at radius 1 is 0.871 bits per heavy atom. The Balaban J connectivity index is 1.51. The third kappa shape index (κ3) is 7.10. The number of rotatable bonds is 10. The van der Waals surface area contributed by atoms with E-state index in [1.807, 2.05) is 55.5 Å². The number of esters is 1. The minimum absolute atomic E-state index is 0.393. The molecule has 0 unspecified atom stereocenters. The van der Waals surface area contributed by atoms with E-state index in [1.54, 1.807) is 30.5 Å². The molecular formula is C27H29NO3. The minimum atomic E-state index is -0.393. The SMILES string of the molecule is CCCCCCOc1ccc(C(=O)Oc2ccc(C=Nc3ccccc3C)cc2)cc1. The lowest BCUT2D eigenvalue weighted by Crippen LogP contribution is -2.08. The van der Waals surface area contributed by atoms with Crippen LogP contribution in [0.2, 0.25) is 0 Å². The number of aryl methyl sites for hydroxylation is 1. The molecule has 4 heteroatoms. The maximum Gasteiger partial charge on any atom is 0.343 e. The Kier molecular flexibility index (Phi) is 8.41. The van der Waals surface area contributed by atoms with Crippen molar-refractivity contribution in [3.63, 3.8) is 0 Å². The Hall–Kier alpha value is -3.40. The van der Waals surface area contributed by atoms with Crippen molar-refractivity contribution in [2.45, 2.75) is 39.5 Å². The van der Waals surface area contributed by atoms with Crippen molar-refractivity contribution < 1.29 is 14.3 Å². The van der Waals surface area contributed by atoms with Crippen molar-refractivity contribution in [3.8, 4) is 11.5 Å². The average molecular weight is 416 g/mol. The molecule has 0 N–H and O–H groups in total. The van der Waals surface area contributed by atoms with Crippen molar-refractivity contribution in [2.75, 3.05) is 6.61 Å². The summed E-state index contributed by atoms with van der Waals surface area (Å²) in [7, 11) is 0. The molecule has 4 nitrogen and oxygen atoms in total. The zero-order valence-corrected chi connectivity index (χ0v) is 18.2. The second-order valence-corrected chi connectivity index (χ2v) is 7.44. The largest absolute Gasteiger partial charge is 0.494 e. The zero-order chi connectivity index (χ0) is 21.9. The predicted molar refractivity (Wildman–Crippen MR) is 126 cm³/mol. The summed E-state index contributed by atoms with van der Waals surface area (Å²) >= 11 is 0. The van der Waals surface area contributed by atoms with Crippen LogP contribution in [0.1, 0.15) is 54.1 Å². The van der Waals surface area contributed by atoms with E-state index < -0.39 is 5.97 Å². The highest BCUT2D eigenvalue weighted by atomic mass is 16.5. The molecule has 160 valence electrons. The Labute approximate surface area is 184 Å². The number of para-hydroxylation sites is 1. The van der Waals surface area contributed by atoms with Crippen LogP contribution in [0.4, 0.5) is 5.69 Å². The van der Waals surface area contributed by atoms with Crippen LogP contribution in [0, 0.1) is 6.92 Å². The number of aliphatic imine (C=N–C) groups is 1. The molecule has 0 saturated heterocycles. The summed E-state index contributed by atoms with van der Waals surface area (Å²) in [5.41, 5.74) is 3.48. The van der Waals surface area contributed by atoms with Crippen molar-refractivity contribution >= 4 is 17.9 Å². The summed E-state index contributed by atoms with van der Waals surface area (Å²) in [6, 6.07) is 22.3. The summed E-state index contributed by atoms with van der Waals surface area (Å²) < 4.78 is 11.2. The molecule has 3 rings (SSSR count). The standard InChI is InChI=1S/C27H29NO3/c1-3-4-5-8-19-30-24-17-13-23(14-18-24)27(29)31-25-15-11-22(12-16-25)20-28-26-10-7-6-9-21(26)2/h6-7,9-18,20H,3-5,8,19H2,1-2H3. The Morgan fingerprint density at radius 2 is 1.58 bits per heavy atom. The van der Waals surface area contributed by atoms with Gasteiger partial charge in [0.15, 0.2) is 0 Å². The summed E-state index contributed by atoms with van der Waals surface area (Å²) in [6.07, 6.45) is 6.46. The Bertz CT molecular complexity index is 992. The van der Waals surface area contributed by atoms with Crippen LogP contribution < -0.4 is 9.47 Å². The molecule has 0 aliphatic heterocycles. The van der Waals surface area contributed by atoms with Gasteiger partial charge in [0, 0.05) is 6.21 Å². The molecule has 31 heavy (non-hydrogen) atoms. The van der Waals surface area contributed by atoms with Gasteiger partial charge in [0.05, 0.1) is 17.9 Å². The molecule has 0 aliphatic carbocycles. The fourth-order valence-corrected chi connectivity index (χ4v) is 3.05. The number of unbranched alkanes of at least 4 members (excludes halogenated alkanes) is 3. The zero-order valence-electron chi connectivity index (χ0n) is 18.2. The highest BCUT2D eigenvalue weighted by Crippen LogP contribution is 2.19. The monoisotopic (exact) mass is 415 g/mol. The first-order chi connectivity index (χ1) is 15.2. The second-order valence-electron chi connectivity index (χ2n) is 7.44. The van der Waals surface area contributed by atoms with Gasteiger partial charge in [-0.3, -0.25) is 4.99 Å². The minimum Gasteiger partial charge on any atom is -0.494 e. The number of benzene rings is 3. The van der Waals surface area contributed by atoms with E-state index in [9.17, 15) is 4.79 Å². The van der Waals surface area contributed by atoms with Crippen molar-refractivity contribution in [3.05, 3.63) is 89.5 Å². The predicted octanol–water partition coefficient (Wildman–Crippen LogP) is 6.92. The summed E-state index contributed by atoms with van der Waals surface area (Å²) in [5.74, 6) is 0.871. The van der Waals surface area contributed by atoms with Crippen LogP contribution in [0.25, 0.3) is 0 Å². The number of carbonyl (C=O) groups excluding carboxylic acids is 1. The number of hydrogen-bond acceptors (Lipinski definition) is 4. The third-order valence-corrected chi connectivity index (χ3v) is 4.92. The maximum absolute atomic E-state index is 12.4. The van der Waals surface area contributed by atoms with E-state index in [2.05, 4.69) is 11.9 Å². The van der Waals surface area contributed by atoms with Gasteiger partial charge in [-0.2, -0.15) is 0 Å². The van der Waals surface area contributed by atoms with Gasteiger partial charge >= 0.3 is 5.97 Å². The van der Waals surface area contributed by atoms with Crippen molar-refractivity contribution in [1.82, 2.24) is 0 Å². The molecule has 3 aromatic carbocycles. The highest BCUT2D eigenvalue weighted by molar-refractivity contribution is 5.91. The number of hydrogen-bond donors (Lipinski definition) is 0. The van der Waals surface area contributed by atoms with Crippen LogP contribution >= 0.6 is 0 Å². The van der Waals surface area contributed by atoms with Crippen LogP contribution in [0.15, 0.2) is 77.8 Å². The van der Waals surface area contributed by atoms with Crippen molar-refractivity contribution in [1.29, 1.82) is 0 Å². The normalized spacial score (nSPS) is 10.9. The maximum atomic E-state index is 12.4. The Morgan fingerprint density at radius 3 is 2.29 bits per heavy atom. The van der Waals surface area contributed by atoms with Gasteiger partial charge in [-0.15, -0.1) is 0 Å². The van der Waals surface area contributed by atoms with Crippen LogP contribution in [0.3, 0.4) is 0 Å². The van der Waals surface area contributed by atoms with Crippen LogP contribution in [-0.2, 0) is 0 Å². The second kappa shape index (κ2) is 11.7. The van der Waals surface area contributed by atoms with E-state index in [1.165, 1.54) is 19.3 Å². The van der Waals surface area contributed by atoms with Gasteiger partial charge < -0.3 is 9.47 Å². The average Bonchev–Trinajstić information content (AvgIpc) is 2.80. The fraction of sp³-hybridized carbons (Fsp3) is 0.259. The lowest BCUT2D eigenvalue weighted by Gasteiger charge is -2.08. The van der Waals surface area contributed by atoms with Gasteiger partial charge in [0.1, 0.15) is 11.5 Å². The molecule has 0 heterocycles. The highest BCUT2D eigenvalue weighted by Gasteiger charge is 2.09. The third-order valence-electron chi connectivity index (χ3n) is 4.92. The molecule has 0 aliphatic rings. The molecule has 0 fully saturated rings. The first kappa shape index (κ1) is 22.3. The number of carbonyl (C=O) groups is 1. The van der Waals surface area contributed by atoms with E-state index >= 15 is 0 Å². The van der Waals surface area contributed by atoms with Crippen LogP contribution in [-0.4, -0.2) is 18.8 Å². The molecule has 0 bridgehead atoms. The quantitative estimate of drug-likeness (QED) is 0.156. The van der Waals surface area contributed by atoms with Gasteiger partial charge in [-0.1, -0.05) is 44.4 Å². The fourth-order valence-electron chi connectivity index (χ4n) is 3.05. The topological polar surface area (TPSA) is 47.9 Å². The first-order valence-corrected chi connectivity index (χ1v) is 10.8. The lowest BCUT2D eigenvalue weighted by molar-refractivity contribution is 0.0734. The summed E-state index contributed by atoms with van der Waals surface area (Å²) in [4.78, 5) is 16.9. The van der Waals surface area contributed by atoms with E-state index in [-0.39, 0.29) is 0 Å². The number of ether oxygens (including phenoxy) is 2. The smallest absolute Gasteiger partial charge is 0.343 e. The molecule has 3 aromatic rings. The van der Waals surface area contributed by atoms with E-state index in [0.717, 1.165) is 29.0 Å². The molecule has 0 spiro atoms. The van der Waals surface area contributed by atoms with E-state index in [4.69, 9.17) is 9.47 Å². The summed E-state index contributed by atoms with van der Waals surface area (Å²) in [6.45, 7) is 4.92. The first-order valence-electron chi connectivity index (χ1n) is 10.8. The number of nitrogens with zero attached hydrogens (tertiary/aromatic N) is 1. The molecule has 0 amide bonds. The van der Waals surface area contributed by atoms with Crippen LogP contribution in [0.5, 0.6) is 11.5 Å². The van der Waals surface area contributed by atoms with Crippen molar-refractivity contribution in [2.24, 2.45) is 4.99 Å². The summed E-state index contributed by atoms with van der Waals surface area (Å²) in [5, 5.41) is 0. The van der Waals surface area contributed by atoms with Gasteiger partial charge in [-0.25, -0.2) is 4.79 Å². The molecule has 0 radical (unpaired) electrons. The molecule has 0 atom stereocenters. The lowest BCUT2D eigenvalue weighted by atomic mass is 10.2. The van der Waals surface area contributed by atoms with Gasteiger partial charge in [0.2, 0.25) is 0 Å².